The third-order valence-electron chi connectivity index (χ3n) is 3.56. The molecule has 0 aromatic heterocycles. The van der Waals surface area contributed by atoms with Gasteiger partial charge >= 0.3 is 0 Å². The first-order valence-corrected chi connectivity index (χ1v) is 7.95. The monoisotopic (exact) mass is 438 g/mol. The number of anilines is 1. The molecule has 5 heteroatoms. The van der Waals surface area contributed by atoms with E-state index in [-0.39, 0.29) is 24.0 Å². The molecule has 130 valence electrons. The molecule has 2 rings (SSSR count). The van der Waals surface area contributed by atoms with E-state index in [1.807, 2.05) is 12.1 Å². The van der Waals surface area contributed by atoms with Gasteiger partial charge in [0.2, 0.25) is 0 Å². The maximum absolute atomic E-state index is 5.97. The van der Waals surface area contributed by atoms with Crippen LogP contribution in [0.25, 0.3) is 0 Å². The Hall–Kier alpha value is -1.60. The molecule has 0 spiro atoms. The Morgan fingerprint density at radius 2 is 1.71 bits per heavy atom. The van der Waals surface area contributed by atoms with Gasteiger partial charge in [-0.05, 0) is 49.3 Å². The van der Waals surface area contributed by atoms with Gasteiger partial charge in [-0.25, -0.2) is 4.99 Å². The molecule has 0 aliphatic carbocycles. The topological polar surface area (TPSA) is 53.6 Å². The molecule has 0 saturated heterocycles. The zero-order valence-electron chi connectivity index (χ0n) is 14.6. The number of aliphatic imine (C=N–C) groups is 1. The van der Waals surface area contributed by atoms with Gasteiger partial charge in [-0.15, -0.1) is 24.0 Å². The van der Waals surface area contributed by atoms with E-state index in [2.05, 4.69) is 72.6 Å². The van der Waals surface area contributed by atoms with Crippen LogP contribution in [0.4, 0.5) is 5.69 Å². The Bertz CT molecular complexity index is 651. The van der Waals surface area contributed by atoms with Crippen LogP contribution in [0.15, 0.2) is 53.5 Å². The first kappa shape index (κ1) is 20.4. The second-order valence-electron chi connectivity index (χ2n) is 5.93. The first-order valence-electron chi connectivity index (χ1n) is 7.95. The number of guanidine groups is 1. The van der Waals surface area contributed by atoms with Gasteiger partial charge in [-0.2, -0.15) is 0 Å². The summed E-state index contributed by atoms with van der Waals surface area (Å²) >= 11 is 0. The fourth-order valence-electron chi connectivity index (χ4n) is 2.35. The second kappa shape index (κ2) is 10.3. The van der Waals surface area contributed by atoms with Crippen LogP contribution >= 0.6 is 24.0 Å². The highest BCUT2D eigenvalue weighted by atomic mass is 127. The molecule has 0 aliphatic rings. The van der Waals surface area contributed by atoms with Gasteiger partial charge in [0.05, 0.1) is 6.54 Å². The summed E-state index contributed by atoms with van der Waals surface area (Å²) in [5.41, 5.74) is 10.7. The summed E-state index contributed by atoms with van der Waals surface area (Å²) in [4.78, 5) is 6.56. The summed E-state index contributed by atoms with van der Waals surface area (Å²) < 4.78 is 0. The molecule has 4 nitrogen and oxygen atoms in total. The van der Waals surface area contributed by atoms with Crippen molar-refractivity contribution in [3.8, 4) is 0 Å². The van der Waals surface area contributed by atoms with Crippen molar-refractivity contribution in [3.63, 3.8) is 0 Å². The lowest BCUT2D eigenvalue weighted by Gasteiger charge is -2.10. The average Bonchev–Trinajstić information content (AvgIpc) is 2.54. The van der Waals surface area contributed by atoms with Gasteiger partial charge in [-0.3, -0.25) is 0 Å². The van der Waals surface area contributed by atoms with Crippen LogP contribution in [0.5, 0.6) is 0 Å². The Morgan fingerprint density at radius 3 is 2.33 bits per heavy atom. The van der Waals surface area contributed by atoms with Crippen LogP contribution in [0.1, 0.15) is 23.6 Å². The fourth-order valence-corrected chi connectivity index (χ4v) is 2.35. The van der Waals surface area contributed by atoms with Gasteiger partial charge in [0, 0.05) is 12.2 Å². The summed E-state index contributed by atoms with van der Waals surface area (Å²) in [5.74, 6) is 0.440. The fraction of sp³-hybridized carbons (Fsp3) is 0.316. The molecule has 0 aliphatic heterocycles. The number of nitrogens with zero attached hydrogens (tertiary/aromatic N) is 2. The lowest BCUT2D eigenvalue weighted by atomic mass is 10.1. The van der Waals surface area contributed by atoms with E-state index in [9.17, 15) is 0 Å². The molecular formula is C19H27IN4. The van der Waals surface area contributed by atoms with Crippen LogP contribution < -0.4 is 11.1 Å². The molecule has 0 unspecified atom stereocenters. The van der Waals surface area contributed by atoms with Gasteiger partial charge < -0.3 is 16.0 Å². The minimum absolute atomic E-state index is 0. The molecule has 3 N–H and O–H groups in total. The summed E-state index contributed by atoms with van der Waals surface area (Å²) in [6, 6.07) is 16.7. The summed E-state index contributed by atoms with van der Waals surface area (Å²) in [7, 11) is 4.14. The molecule has 2 aromatic rings. The summed E-state index contributed by atoms with van der Waals surface area (Å²) in [5, 5.41) is 3.15. The van der Waals surface area contributed by atoms with Crippen LogP contribution in [0.2, 0.25) is 0 Å². The molecular weight excluding hydrogens is 411 g/mol. The molecule has 0 heterocycles. The predicted molar refractivity (Wildman–Crippen MR) is 114 cm³/mol. The van der Waals surface area contributed by atoms with Crippen molar-refractivity contribution >= 4 is 35.6 Å². The van der Waals surface area contributed by atoms with E-state index in [4.69, 9.17) is 5.73 Å². The Kier molecular flexibility index (Phi) is 8.78. The minimum atomic E-state index is 0. The highest BCUT2D eigenvalue weighted by molar-refractivity contribution is 14.0. The SMILES string of the molecule is CCc1cccc(NC(N)=NCc2ccc(CN(C)C)cc2)c1.I. The van der Waals surface area contributed by atoms with Crippen molar-refractivity contribution in [1.82, 2.24) is 4.90 Å². The van der Waals surface area contributed by atoms with Crippen molar-refractivity contribution in [1.29, 1.82) is 0 Å². The van der Waals surface area contributed by atoms with Gasteiger partial charge in [0.1, 0.15) is 0 Å². The Balaban J connectivity index is 0.00000288. The average molecular weight is 438 g/mol. The van der Waals surface area contributed by atoms with Crippen LogP contribution in [-0.2, 0) is 19.5 Å². The predicted octanol–water partition coefficient (Wildman–Crippen LogP) is 3.86. The van der Waals surface area contributed by atoms with Crippen molar-refractivity contribution in [2.75, 3.05) is 19.4 Å². The van der Waals surface area contributed by atoms with Crippen molar-refractivity contribution < 1.29 is 0 Å². The van der Waals surface area contributed by atoms with Gasteiger partial charge in [0.15, 0.2) is 5.96 Å². The van der Waals surface area contributed by atoms with E-state index >= 15 is 0 Å². The number of nitrogens with two attached hydrogens (primary N) is 1. The number of nitrogens with one attached hydrogen (secondary N) is 1. The number of halogens is 1. The van der Waals surface area contributed by atoms with Gasteiger partial charge in [0.25, 0.3) is 0 Å². The number of hydrogen-bond acceptors (Lipinski definition) is 2. The van der Waals surface area contributed by atoms with E-state index in [1.165, 1.54) is 11.1 Å². The maximum atomic E-state index is 5.97. The minimum Gasteiger partial charge on any atom is -0.370 e. The Labute approximate surface area is 162 Å². The summed E-state index contributed by atoms with van der Waals surface area (Å²) in [6.07, 6.45) is 1.01. The van der Waals surface area contributed by atoms with Crippen LogP contribution in [0, 0.1) is 0 Å². The zero-order chi connectivity index (χ0) is 16.7. The smallest absolute Gasteiger partial charge is 0.193 e. The highest BCUT2D eigenvalue weighted by Gasteiger charge is 1.99. The third kappa shape index (κ3) is 6.88. The largest absolute Gasteiger partial charge is 0.370 e. The normalized spacial score (nSPS) is 11.2. The molecule has 2 aromatic carbocycles. The van der Waals surface area contributed by atoms with E-state index < -0.39 is 0 Å². The standard InChI is InChI=1S/C19H26N4.HI/c1-4-15-6-5-7-18(12-15)22-19(20)21-13-16-8-10-17(11-9-16)14-23(2)3;/h5-12H,4,13-14H2,1-3H3,(H3,20,21,22);1H. The third-order valence-corrected chi connectivity index (χ3v) is 3.56. The number of aryl methyl sites for hydroxylation is 1. The van der Waals surface area contributed by atoms with Crippen molar-refractivity contribution in [2.24, 2.45) is 10.7 Å². The quantitative estimate of drug-likeness (QED) is 0.409. The molecule has 0 saturated carbocycles. The van der Waals surface area contributed by atoms with Crippen molar-refractivity contribution in [2.45, 2.75) is 26.4 Å². The number of rotatable bonds is 6. The number of benzene rings is 2. The lowest BCUT2D eigenvalue weighted by molar-refractivity contribution is 0.402. The van der Waals surface area contributed by atoms with Crippen LogP contribution in [0.3, 0.4) is 0 Å². The van der Waals surface area contributed by atoms with E-state index in [0.717, 1.165) is 24.2 Å². The molecule has 0 bridgehead atoms. The summed E-state index contributed by atoms with van der Waals surface area (Å²) in [6.45, 7) is 3.66. The second-order valence-corrected chi connectivity index (χ2v) is 5.93. The van der Waals surface area contributed by atoms with Gasteiger partial charge in [-0.1, -0.05) is 43.3 Å². The van der Waals surface area contributed by atoms with Crippen molar-refractivity contribution in [3.05, 3.63) is 65.2 Å². The molecule has 0 fully saturated rings. The lowest BCUT2D eigenvalue weighted by Crippen LogP contribution is -2.22. The molecule has 0 radical (unpaired) electrons. The maximum Gasteiger partial charge on any atom is 0.193 e. The first-order chi connectivity index (χ1) is 11.1. The molecule has 24 heavy (non-hydrogen) atoms. The molecule has 0 amide bonds. The number of hydrogen-bond donors (Lipinski definition) is 2. The Morgan fingerprint density at radius 1 is 1.04 bits per heavy atom. The van der Waals surface area contributed by atoms with E-state index in [0.29, 0.717) is 12.5 Å². The highest BCUT2D eigenvalue weighted by Crippen LogP contribution is 2.11. The van der Waals surface area contributed by atoms with Crippen LogP contribution in [-0.4, -0.2) is 25.0 Å². The zero-order valence-corrected chi connectivity index (χ0v) is 17.0. The molecule has 0 atom stereocenters. The van der Waals surface area contributed by atoms with E-state index in [1.54, 1.807) is 0 Å².